The molecule has 0 unspecified atom stereocenters. The molecular weight excluding hydrogens is 352 g/mol. The summed E-state index contributed by atoms with van der Waals surface area (Å²) in [5.74, 6) is -0.772. The summed E-state index contributed by atoms with van der Waals surface area (Å²) < 4.78 is 10.3. The van der Waals surface area contributed by atoms with Gasteiger partial charge in [0, 0.05) is 6.42 Å². The molecule has 0 saturated heterocycles. The van der Waals surface area contributed by atoms with E-state index >= 15 is 0 Å². The maximum atomic E-state index is 12.0. The van der Waals surface area contributed by atoms with E-state index in [9.17, 15) is 19.7 Å². The van der Waals surface area contributed by atoms with E-state index in [1.54, 1.807) is 20.8 Å². The van der Waals surface area contributed by atoms with Crippen LogP contribution in [0.3, 0.4) is 0 Å². The van der Waals surface area contributed by atoms with Crippen molar-refractivity contribution in [1.29, 1.82) is 0 Å². The Morgan fingerprint density at radius 3 is 2.30 bits per heavy atom. The number of nitrogens with zero attached hydrogens (tertiary/aromatic N) is 1. The van der Waals surface area contributed by atoms with E-state index in [0.29, 0.717) is 6.42 Å². The summed E-state index contributed by atoms with van der Waals surface area (Å²) in [5.41, 5.74) is -1.26. The summed E-state index contributed by atoms with van der Waals surface area (Å²) in [7, 11) is 0. The number of nitro groups is 1. The molecule has 0 fully saturated rings. The second-order valence-corrected chi connectivity index (χ2v) is 8.42. The molecule has 0 radical (unpaired) electrons. The molecule has 0 spiro atoms. The van der Waals surface area contributed by atoms with Crippen molar-refractivity contribution in [1.82, 2.24) is 0 Å². The first-order chi connectivity index (χ1) is 12.3. The molecule has 8 heteroatoms. The van der Waals surface area contributed by atoms with Gasteiger partial charge in [0.25, 0.3) is 0 Å². The molecule has 1 amide bonds. The summed E-state index contributed by atoms with van der Waals surface area (Å²) in [6.45, 7) is 11.2. The third-order valence-corrected chi connectivity index (χ3v) is 3.35. The lowest BCUT2D eigenvalue weighted by Gasteiger charge is -2.19. The van der Waals surface area contributed by atoms with Gasteiger partial charge >= 0.3 is 17.7 Å². The van der Waals surface area contributed by atoms with Crippen LogP contribution >= 0.6 is 0 Å². The van der Waals surface area contributed by atoms with Gasteiger partial charge in [-0.2, -0.15) is 0 Å². The third kappa shape index (κ3) is 8.52. The van der Waals surface area contributed by atoms with Crippen LogP contribution < -0.4 is 10.1 Å². The van der Waals surface area contributed by atoms with Crippen molar-refractivity contribution < 1.29 is 24.0 Å². The zero-order valence-electron chi connectivity index (χ0n) is 16.8. The summed E-state index contributed by atoms with van der Waals surface area (Å²) in [4.78, 5) is 34.7. The predicted molar refractivity (Wildman–Crippen MR) is 102 cm³/mol. The highest BCUT2D eigenvalue weighted by molar-refractivity contribution is 5.90. The van der Waals surface area contributed by atoms with Crippen molar-refractivity contribution in [3.05, 3.63) is 28.3 Å². The number of carbonyl (C=O) groups is 2. The van der Waals surface area contributed by atoms with E-state index in [-0.39, 0.29) is 23.3 Å². The molecule has 1 N–H and O–H groups in total. The number of anilines is 1. The van der Waals surface area contributed by atoms with Crippen molar-refractivity contribution in [2.75, 3.05) is 5.32 Å². The van der Waals surface area contributed by atoms with Crippen LogP contribution in [0.1, 0.15) is 60.8 Å². The maximum Gasteiger partial charge on any atom is 0.412 e. The Kier molecular flexibility index (Phi) is 7.33. The summed E-state index contributed by atoms with van der Waals surface area (Å²) >= 11 is 0. The Labute approximate surface area is 159 Å². The number of nitro benzene ring substituents is 1. The number of ether oxygens (including phenoxy) is 2. The molecule has 8 nitrogen and oxygen atoms in total. The molecule has 0 aliphatic rings. The number of amides is 1. The number of carbonyl (C=O) groups excluding carboxylic acids is 2. The first-order valence-corrected chi connectivity index (χ1v) is 8.76. The number of benzene rings is 1. The molecule has 0 aliphatic heterocycles. The minimum atomic E-state index is -0.834. The maximum absolute atomic E-state index is 12.0. The summed E-state index contributed by atoms with van der Waals surface area (Å²) in [6, 6.07) is 4.12. The van der Waals surface area contributed by atoms with E-state index in [1.807, 2.05) is 0 Å². The van der Waals surface area contributed by atoms with Gasteiger partial charge in [0.1, 0.15) is 11.3 Å². The molecule has 1 aromatic rings. The highest BCUT2D eigenvalue weighted by atomic mass is 16.6. The number of hydrogen-bond donors (Lipinski definition) is 1. The average molecular weight is 380 g/mol. The molecule has 0 saturated carbocycles. The smallest absolute Gasteiger partial charge is 0.412 e. The van der Waals surface area contributed by atoms with Crippen molar-refractivity contribution in [3.8, 4) is 5.75 Å². The standard InChI is InChI=1S/C19H28N2O6/c1-18(2,3)12-8-11-15(22)26-14-10-7-9-13(16(14)21(24)25)20-17(23)27-19(4,5)6/h7,9-10H,8,11-12H2,1-6H3,(H,20,23). The zero-order valence-corrected chi connectivity index (χ0v) is 16.8. The zero-order chi connectivity index (χ0) is 20.8. The summed E-state index contributed by atoms with van der Waals surface area (Å²) in [5, 5.41) is 13.8. The first kappa shape index (κ1) is 22.4. The lowest BCUT2D eigenvalue weighted by atomic mass is 9.90. The molecular formula is C19H28N2O6. The fourth-order valence-electron chi connectivity index (χ4n) is 2.24. The topological polar surface area (TPSA) is 108 Å². The largest absolute Gasteiger partial charge is 0.444 e. The number of para-hydroxylation sites is 1. The first-order valence-electron chi connectivity index (χ1n) is 8.76. The van der Waals surface area contributed by atoms with E-state index in [0.717, 1.165) is 6.42 Å². The van der Waals surface area contributed by atoms with Crippen LogP contribution in [0.25, 0.3) is 0 Å². The van der Waals surface area contributed by atoms with E-state index in [4.69, 9.17) is 9.47 Å². The van der Waals surface area contributed by atoms with Crippen LogP contribution in [-0.2, 0) is 9.53 Å². The van der Waals surface area contributed by atoms with E-state index in [2.05, 4.69) is 26.1 Å². The van der Waals surface area contributed by atoms with Crippen LogP contribution in [-0.4, -0.2) is 22.6 Å². The molecule has 0 bridgehead atoms. The Balaban J connectivity index is 2.91. The average Bonchev–Trinajstić information content (AvgIpc) is 2.43. The van der Waals surface area contributed by atoms with Gasteiger partial charge in [-0.1, -0.05) is 26.8 Å². The summed E-state index contributed by atoms with van der Waals surface area (Å²) in [6.07, 6.45) is 0.758. The number of nitrogens with one attached hydrogen (secondary N) is 1. The second-order valence-electron chi connectivity index (χ2n) is 8.42. The molecule has 0 heterocycles. The van der Waals surface area contributed by atoms with Crippen molar-refractivity contribution in [2.24, 2.45) is 5.41 Å². The highest BCUT2D eigenvalue weighted by Crippen LogP contribution is 2.35. The van der Waals surface area contributed by atoms with Gasteiger partial charge in [-0.3, -0.25) is 20.2 Å². The van der Waals surface area contributed by atoms with Crippen LogP contribution in [0.2, 0.25) is 0 Å². The molecule has 0 aliphatic carbocycles. The van der Waals surface area contributed by atoms with Crippen LogP contribution in [0.4, 0.5) is 16.2 Å². The third-order valence-electron chi connectivity index (χ3n) is 3.35. The van der Waals surface area contributed by atoms with Gasteiger partial charge in [-0.15, -0.1) is 0 Å². The Bertz CT molecular complexity index is 701. The van der Waals surface area contributed by atoms with Gasteiger partial charge in [0.2, 0.25) is 5.75 Å². The monoisotopic (exact) mass is 380 g/mol. The molecule has 1 rings (SSSR count). The van der Waals surface area contributed by atoms with Crippen LogP contribution in [0.15, 0.2) is 18.2 Å². The quantitative estimate of drug-likeness (QED) is 0.320. The van der Waals surface area contributed by atoms with Crippen molar-refractivity contribution in [3.63, 3.8) is 0 Å². The van der Waals surface area contributed by atoms with Gasteiger partial charge in [-0.05, 0) is 51.2 Å². The number of esters is 1. The van der Waals surface area contributed by atoms with Crippen molar-refractivity contribution >= 4 is 23.4 Å². The Hall–Kier alpha value is -2.64. The van der Waals surface area contributed by atoms with E-state index < -0.39 is 28.3 Å². The lowest BCUT2D eigenvalue weighted by molar-refractivity contribution is -0.384. The van der Waals surface area contributed by atoms with Crippen molar-refractivity contribution in [2.45, 2.75) is 66.4 Å². The molecule has 150 valence electrons. The Morgan fingerprint density at radius 1 is 1.15 bits per heavy atom. The highest BCUT2D eigenvalue weighted by Gasteiger charge is 2.26. The van der Waals surface area contributed by atoms with Gasteiger partial charge in [0.05, 0.1) is 4.92 Å². The van der Waals surface area contributed by atoms with Gasteiger partial charge in [0.15, 0.2) is 0 Å². The fraction of sp³-hybridized carbons (Fsp3) is 0.579. The SMILES string of the molecule is CC(C)(C)CCCC(=O)Oc1cccc(NC(=O)OC(C)(C)C)c1[N+](=O)[O-]. The Morgan fingerprint density at radius 2 is 1.78 bits per heavy atom. The normalized spacial score (nSPS) is 11.6. The van der Waals surface area contributed by atoms with Crippen LogP contribution in [0.5, 0.6) is 5.75 Å². The number of hydrogen-bond acceptors (Lipinski definition) is 6. The second kappa shape index (κ2) is 8.83. The predicted octanol–water partition coefficient (Wildman–Crippen LogP) is 5.06. The van der Waals surface area contributed by atoms with Gasteiger partial charge < -0.3 is 9.47 Å². The number of rotatable bonds is 6. The molecule has 27 heavy (non-hydrogen) atoms. The minimum Gasteiger partial charge on any atom is -0.444 e. The van der Waals surface area contributed by atoms with Gasteiger partial charge in [-0.25, -0.2) is 4.79 Å². The van der Waals surface area contributed by atoms with Crippen LogP contribution in [0, 0.1) is 15.5 Å². The van der Waals surface area contributed by atoms with E-state index in [1.165, 1.54) is 18.2 Å². The molecule has 0 aromatic heterocycles. The lowest BCUT2D eigenvalue weighted by Crippen LogP contribution is -2.27. The fourth-order valence-corrected chi connectivity index (χ4v) is 2.24. The molecule has 0 atom stereocenters. The minimum absolute atomic E-state index is 0.0868. The molecule has 1 aromatic carbocycles.